The summed E-state index contributed by atoms with van der Waals surface area (Å²) in [5.74, 6) is -0.544. The highest BCUT2D eigenvalue weighted by Gasteiger charge is 2.32. The lowest BCUT2D eigenvalue weighted by Gasteiger charge is -2.17. The second-order valence-electron chi connectivity index (χ2n) is 4.53. The number of hydrogen-bond acceptors (Lipinski definition) is 2. The van der Waals surface area contributed by atoms with Crippen molar-refractivity contribution in [3.63, 3.8) is 0 Å². The summed E-state index contributed by atoms with van der Waals surface area (Å²) in [5, 5.41) is 11.8. The number of aliphatic hydroxyl groups excluding tert-OH is 1. The van der Waals surface area contributed by atoms with Gasteiger partial charge in [-0.05, 0) is 53.2 Å². The quantitative estimate of drug-likeness (QED) is 0.877. The highest BCUT2D eigenvalue weighted by molar-refractivity contribution is 9.10. The van der Waals surface area contributed by atoms with E-state index in [1.807, 2.05) is 0 Å². The number of aliphatic hydroxyl groups is 1. The lowest BCUT2D eigenvalue weighted by molar-refractivity contribution is 0.0919. The maximum Gasteiger partial charge on any atom is 0.255 e. The van der Waals surface area contributed by atoms with Crippen molar-refractivity contribution in [2.24, 2.45) is 5.92 Å². The smallest absolute Gasteiger partial charge is 0.255 e. The van der Waals surface area contributed by atoms with Gasteiger partial charge in [-0.3, -0.25) is 4.79 Å². The zero-order valence-corrected chi connectivity index (χ0v) is 11.4. The molecule has 1 amide bonds. The number of nitrogens with one attached hydrogen (secondary N) is 1. The molecule has 0 bridgehead atoms. The molecule has 0 unspecified atom stereocenters. The molecule has 0 saturated heterocycles. The van der Waals surface area contributed by atoms with Crippen LogP contribution in [-0.4, -0.2) is 23.7 Å². The number of hydrogen-bond donors (Lipinski definition) is 2. The van der Waals surface area contributed by atoms with Crippen LogP contribution in [0.15, 0.2) is 22.7 Å². The molecular weight excluding hydrogens is 301 g/mol. The van der Waals surface area contributed by atoms with Crippen LogP contribution >= 0.6 is 15.9 Å². The molecule has 2 N–H and O–H groups in total. The molecule has 98 valence electrons. The highest BCUT2D eigenvalue weighted by atomic mass is 79.9. The number of carbonyl (C=O) groups excluding carboxylic acids is 1. The van der Waals surface area contributed by atoms with Gasteiger partial charge < -0.3 is 10.4 Å². The maximum absolute atomic E-state index is 13.6. The minimum Gasteiger partial charge on any atom is -0.396 e. The van der Waals surface area contributed by atoms with Gasteiger partial charge in [-0.15, -0.1) is 0 Å². The molecule has 1 aliphatic rings. The Morgan fingerprint density at radius 2 is 2.28 bits per heavy atom. The first-order valence-corrected chi connectivity index (χ1v) is 6.78. The second kappa shape index (κ2) is 5.80. The Balaban J connectivity index is 2.10. The molecule has 2 rings (SSSR count). The van der Waals surface area contributed by atoms with Crippen LogP contribution in [0.4, 0.5) is 4.39 Å². The summed E-state index contributed by atoms with van der Waals surface area (Å²) in [6, 6.07) is 4.38. The molecule has 1 saturated carbocycles. The van der Waals surface area contributed by atoms with Crippen molar-refractivity contribution < 1.29 is 14.3 Å². The molecule has 0 aromatic heterocycles. The van der Waals surface area contributed by atoms with Gasteiger partial charge in [0.25, 0.3) is 5.91 Å². The molecule has 0 heterocycles. The van der Waals surface area contributed by atoms with Gasteiger partial charge in [0.1, 0.15) is 5.82 Å². The minimum absolute atomic E-state index is 0.0277. The predicted octanol–water partition coefficient (Wildman–Crippen LogP) is 2.48. The first-order chi connectivity index (χ1) is 8.63. The number of benzene rings is 1. The van der Waals surface area contributed by atoms with Gasteiger partial charge in [-0.25, -0.2) is 4.39 Å². The van der Waals surface area contributed by atoms with Gasteiger partial charge in [0.15, 0.2) is 0 Å². The van der Waals surface area contributed by atoms with Crippen LogP contribution in [0.1, 0.15) is 29.6 Å². The largest absolute Gasteiger partial charge is 0.396 e. The second-order valence-corrected chi connectivity index (χ2v) is 5.38. The van der Waals surface area contributed by atoms with Gasteiger partial charge in [-0.1, -0.05) is 6.07 Å². The fourth-order valence-electron chi connectivity index (χ4n) is 2.02. The first kappa shape index (κ1) is 13.5. The average molecular weight is 316 g/mol. The van der Waals surface area contributed by atoms with Crippen LogP contribution in [0.2, 0.25) is 0 Å². The van der Waals surface area contributed by atoms with Gasteiger partial charge >= 0.3 is 0 Å². The minimum atomic E-state index is -0.541. The molecule has 1 aliphatic carbocycles. The van der Waals surface area contributed by atoms with Crippen LogP contribution in [-0.2, 0) is 0 Å². The van der Waals surface area contributed by atoms with Crippen LogP contribution < -0.4 is 5.32 Å². The summed E-state index contributed by atoms with van der Waals surface area (Å²) in [7, 11) is 0. The maximum atomic E-state index is 13.6. The lowest BCUT2D eigenvalue weighted by Crippen LogP contribution is -2.37. The molecule has 0 radical (unpaired) electrons. The van der Waals surface area contributed by atoms with E-state index in [9.17, 15) is 9.18 Å². The molecule has 18 heavy (non-hydrogen) atoms. The number of carbonyl (C=O) groups is 1. The molecule has 5 heteroatoms. The molecule has 1 atom stereocenters. The van der Waals surface area contributed by atoms with E-state index in [0.717, 1.165) is 12.8 Å². The number of amides is 1. The third-order valence-electron chi connectivity index (χ3n) is 3.14. The molecule has 0 spiro atoms. The molecule has 1 fully saturated rings. The number of halogens is 2. The Labute approximate surface area is 114 Å². The van der Waals surface area contributed by atoms with Gasteiger partial charge in [0, 0.05) is 17.1 Å². The summed E-state index contributed by atoms with van der Waals surface area (Å²) in [4.78, 5) is 12.0. The van der Waals surface area contributed by atoms with E-state index in [1.165, 1.54) is 6.07 Å². The molecular formula is C13H15BrFNO2. The van der Waals surface area contributed by atoms with E-state index < -0.39 is 11.7 Å². The normalized spacial score (nSPS) is 16.4. The fourth-order valence-corrected chi connectivity index (χ4v) is 2.54. The molecule has 3 nitrogen and oxygen atoms in total. The Kier molecular flexibility index (Phi) is 4.35. The standard InChI is InChI=1S/C13H15BrFNO2/c14-9-2-1-3-10(15)12(9)13(18)16-11(6-7-17)8-4-5-8/h1-3,8,11,17H,4-7H2,(H,16,18)/t11-/m1/s1. The highest BCUT2D eigenvalue weighted by Crippen LogP contribution is 2.34. The van der Waals surface area contributed by atoms with E-state index in [1.54, 1.807) is 12.1 Å². The van der Waals surface area contributed by atoms with Crippen LogP contribution in [0.25, 0.3) is 0 Å². The summed E-state index contributed by atoms with van der Waals surface area (Å²) in [6.07, 6.45) is 2.63. The van der Waals surface area contributed by atoms with Crippen molar-refractivity contribution in [3.05, 3.63) is 34.1 Å². The topological polar surface area (TPSA) is 49.3 Å². The Bertz CT molecular complexity index is 428. The Morgan fingerprint density at radius 1 is 1.56 bits per heavy atom. The summed E-state index contributed by atoms with van der Waals surface area (Å²) in [5.41, 5.74) is 0.0288. The SMILES string of the molecule is O=C(N[C@H](CCO)C1CC1)c1c(F)cccc1Br. The summed E-state index contributed by atoms with van der Waals surface area (Å²) >= 11 is 3.18. The molecule has 1 aromatic carbocycles. The van der Waals surface area contributed by atoms with E-state index in [-0.39, 0.29) is 18.2 Å². The van der Waals surface area contributed by atoms with Crippen molar-refractivity contribution in [1.29, 1.82) is 0 Å². The summed E-state index contributed by atoms with van der Waals surface area (Å²) < 4.78 is 14.1. The predicted molar refractivity (Wildman–Crippen MR) is 69.8 cm³/mol. The van der Waals surface area contributed by atoms with Crippen molar-refractivity contribution in [2.75, 3.05) is 6.61 Å². The summed E-state index contributed by atoms with van der Waals surface area (Å²) in [6.45, 7) is 0.0277. The van der Waals surface area contributed by atoms with Gasteiger partial charge in [-0.2, -0.15) is 0 Å². The van der Waals surface area contributed by atoms with Crippen molar-refractivity contribution in [1.82, 2.24) is 5.32 Å². The van der Waals surface area contributed by atoms with Crippen LogP contribution in [0.5, 0.6) is 0 Å². The number of rotatable bonds is 5. The van der Waals surface area contributed by atoms with Crippen LogP contribution in [0, 0.1) is 11.7 Å². The van der Waals surface area contributed by atoms with Crippen molar-refractivity contribution >= 4 is 21.8 Å². The fraction of sp³-hybridized carbons (Fsp3) is 0.462. The monoisotopic (exact) mass is 315 g/mol. The molecule has 0 aliphatic heterocycles. The van der Waals surface area contributed by atoms with Gasteiger partial charge in [0.05, 0.1) is 5.56 Å². The third-order valence-corrected chi connectivity index (χ3v) is 3.80. The van der Waals surface area contributed by atoms with E-state index >= 15 is 0 Å². The molecule has 1 aromatic rings. The van der Waals surface area contributed by atoms with Gasteiger partial charge in [0.2, 0.25) is 0 Å². The zero-order chi connectivity index (χ0) is 13.1. The van der Waals surface area contributed by atoms with Crippen LogP contribution in [0.3, 0.4) is 0 Å². The third kappa shape index (κ3) is 3.09. The lowest BCUT2D eigenvalue weighted by atomic mass is 10.1. The Hall–Kier alpha value is -0.940. The average Bonchev–Trinajstić information content (AvgIpc) is 3.12. The first-order valence-electron chi connectivity index (χ1n) is 5.99. The Morgan fingerprint density at radius 3 is 2.83 bits per heavy atom. The van der Waals surface area contributed by atoms with Crippen molar-refractivity contribution in [3.8, 4) is 0 Å². The van der Waals surface area contributed by atoms with Crippen molar-refractivity contribution in [2.45, 2.75) is 25.3 Å². The zero-order valence-electron chi connectivity index (χ0n) is 9.83. The van der Waals surface area contributed by atoms with E-state index in [0.29, 0.717) is 16.8 Å². The van der Waals surface area contributed by atoms with E-state index in [2.05, 4.69) is 21.2 Å². The van der Waals surface area contributed by atoms with E-state index in [4.69, 9.17) is 5.11 Å².